The van der Waals surface area contributed by atoms with Crippen molar-refractivity contribution in [3.63, 3.8) is 0 Å². The standard InChI is InChI=1S/C19H42N3O3P/c1-15(8-11-20)24-13-10-17(2,3)22-16(23)19(6,26)14-25-18(4,5)9-12-21-7/h15,21H,8-14,20,26H2,1-7H3,(H,22,23). The van der Waals surface area contributed by atoms with E-state index in [0.29, 0.717) is 19.8 Å². The first-order chi connectivity index (χ1) is 11.9. The Bertz CT molecular complexity index is 415. The molecule has 3 atom stereocenters. The topological polar surface area (TPSA) is 85.6 Å². The Morgan fingerprint density at radius 2 is 1.81 bits per heavy atom. The molecule has 7 heteroatoms. The van der Waals surface area contributed by atoms with Crippen LogP contribution in [0.5, 0.6) is 0 Å². The molecule has 0 saturated heterocycles. The smallest absolute Gasteiger partial charge is 0.232 e. The maximum Gasteiger partial charge on any atom is 0.232 e. The predicted molar refractivity (Wildman–Crippen MR) is 113 cm³/mol. The molecular weight excluding hydrogens is 349 g/mol. The zero-order valence-corrected chi connectivity index (χ0v) is 19.1. The van der Waals surface area contributed by atoms with E-state index in [1.54, 1.807) is 0 Å². The van der Waals surface area contributed by atoms with Gasteiger partial charge in [-0.15, -0.1) is 9.24 Å². The van der Waals surface area contributed by atoms with Crippen LogP contribution in [0.1, 0.15) is 60.8 Å². The minimum Gasteiger partial charge on any atom is -0.378 e. The fourth-order valence-corrected chi connectivity index (χ4v) is 2.41. The summed E-state index contributed by atoms with van der Waals surface area (Å²) in [5, 5.41) is 5.57. The molecule has 0 aliphatic rings. The molecule has 0 saturated carbocycles. The van der Waals surface area contributed by atoms with Gasteiger partial charge < -0.3 is 25.8 Å². The molecule has 0 bridgehead atoms. The zero-order valence-electron chi connectivity index (χ0n) is 17.9. The van der Waals surface area contributed by atoms with Crippen LogP contribution in [0.3, 0.4) is 0 Å². The van der Waals surface area contributed by atoms with Crippen molar-refractivity contribution in [1.82, 2.24) is 10.6 Å². The minimum absolute atomic E-state index is 0.0353. The van der Waals surface area contributed by atoms with E-state index in [0.717, 1.165) is 25.8 Å². The monoisotopic (exact) mass is 391 g/mol. The van der Waals surface area contributed by atoms with Gasteiger partial charge in [0.2, 0.25) is 5.91 Å². The molecule has 1 amide bonds. The SMILES string of the molecule is CNCCC(C)(C)OCC(C)(P)C(=O)NC(C)(C)CCOC(C)CCN. The Kier molecular flexibility index (Phi) is 11.4. The second kappa shape index (κ2) is 11.6. The lowest BCUT2D eigenvalue weighted by Gasteiger charge is -2.34. The number of carbonyl (C=O) groups excluding carboxylic acids is 1. The van der Waals surface area contributed by atoms with Crippen LogP contribution in [-0.4, -0.2) is 61.7 Å². The molecule has 6 nitrogen and oxygen atoms in total. The maximum atomic E-state index is 12.7. The molecule has 0 spiro atoms. The number of nitrogens with one attached hydrogen (secondary N) is 2. The molecule has 0 aromatic carbocycles. The summed E-state index contributed by atoms with van der Waals surface area (Å²) in [6, 6.07) is 0. The van der Waals surface area contributed by atoms with Gasteiger partial charge in [0.25, 0.3) is 0 Å². The van der Waals surface area contributed by atoms with Crippen LogP contribution in [0.25, 0.3) is 0 Å². The number of hydrogen-bond acceptors (Lipinski definition) is 5. The number of ether oxygens (including phenoxy) is 2. The van der Waals surface area contributed by atoms with Gasteiger partial charge in [-0.2, -0.15) is 0 Å². The third-order valence-electron chi connectivity index (χ3n) is 4.41. The molecule has 0 heterocycles. The zero-order chi connectivity index (χ0) is 20.4. The first-order valence-electron chi connectivity index (χ1n) is 9.57. The van der Waals surface area contributed by atoms with Crippen LogP contribution in [0, 0.1) is 0 Å². The lowest BCUT2D eigenvalue weighted by Crippen LogP contribution is -2.53. The van der Waals surface area contributed by atoms with Gasteiger partial charge in [0.1, 0.15) is 0 Å². The first-order valence-corrected chi connectivity index (χ1v) is 10.1. The number of rotatable bonds is 14. The highest BCUT2D eigenvalue weighted by atomic mass is 31.0. The van der Waals surface area contributed by atoms with E-state index in [2.05, 4.69) is 19.9 Å². The van der Waals surface area contributed by atoms with E-state index >= 15 is 0 Å². The van der Waals surface area contributed by atoms with Gasteiger partial charge in [0, 0.05) is 12.1 Å². The summed E-state index contributed by atoms with van der Waals surface area (Å²) in [7, 11) is 4.56. The van der Waals surface area contributed by atoms with Gasteiger partial charge in [-0.25, -0.2) is 0 Å². The number of carbonyl (C=O) groups is 1. The molecular formula is C19H42N3O3P. The Morgan fingerprint density at radius 1 is 1.19 bits per heavy atom. The highest BCUT2D eigenvalue weighted by molar-refractivity contribution is 7.21. The Labute approximate surface area is 162 Å². The largest absolute Gasteiger partial charge is 0.378 e. The molecule has 26 heavy (non-hydrogen) atoms. The lowest BCUT2D eigenvalue weighted by molar-refractivity contribution is -0.128. The summed E-state index contributed by atoms with van der Waals surface area (Å²) in [4.78, 5) is 12.7. The summed E-state index contributed by atoms with van der Waals surface area (Å²) >= 11 is 0. The van der Waals surface area contributed by atoms with Gasteiger partial charge in [0.05, 0.1) is 23.5 Å². The van der Waals surface area contributed by atoms with Crippen LogP contribution in [0.4, 0.5) is 0 Å². The first kappa shape index (κ1) is 25.7. The fraction of sp³-hybridized carbons (Fsp3) is 0.947. The minimum atomic E-state index is -0.679. The van der Waals surface area contributed by atoms with Crippen molar-refractivity contribution < 1.29 is 14.3 Å². The summed E-state index contributed by atoms with van der Waals surface area (Å²) in [5.74, 6) is -0.0353. The molecule has 0 rings (SSSR count). The number of nitrogens with two attached hydrogens (primary N) is 1. The molecule has 3 unspecified atom stereocenters. The van der Waals surface area contributed by atoms with Gasteiger partial charge in [-0.05, 0) is 80.9 Å². The maximum absolute atomic E-state index is 12.7. The second-order valence-corrected chi connectivity index (χ2v) is 9.94. The van der Waals surface area contributed by atoms with Crippen molar-refractivity contribution in [3.8, 4) is 0 Å². The van der Waals surface area contributed by atoms with Crippen molar-refractivity contribution in [1.29, 1.82) is 0 Å². The Hall–Kier alpha value is -0.260. The van der Waals surface area contributed by atoms with E-state index < -0.39 is 5.16 Å². The quantitative estimate of drug-likeness (QED) is 0.395. The summed E-state index contributed by atoms with van der Waals surface area (Å²) in [5.41, 5.74) is 4.91. The van der Waals surface area contributed by atoms with Crippen LogP contribution < -0.4 is 16.4 Å². The van der Waals surface area contributed by atoms with Crippen molar-refractivity contribution in [2.24, 2.45) is 5.73 Å². The molecule has 0 aromatic heterocycles. The van der Waals surface area contributed by atoms with E-state index in [4.69, 9.17) is 15.2 Å². The third kappa shape index (κ3) is 11.5. The Morgan fingerprint density at radius 3 is 2.35 bits per heavy atom. The van der Waals surface area contributed by atoms with Gasteiger partial charge in [-0.1, -0.05) is 0 Å². The van der Waals surface area contributed by atoms with E-state index in [9.17, 15) is 4.79 Å². The molecule has 4 N–H and O–H groups in total. The van der Waals surface area contributed by atoms with Crippen molar-refractivity contribution in [2.45, 2.75) is 83.2 Å². The molecule has 156 valence electrons. The number of hydrogen-bond donors (Lipinski definition) is 3. The van der Waals surface area contributed by atoms with Gasteiger partial charge in [-0.3, -0.25) is 4.79 Å². The van der Waals surface area contributed by atoms with E-state index in [1.807, 2.05) is 48.6 Å². The van der Waals surface area contributed by atoms with Crippen molar-refractivity contribution in [3.05, 3.63) is 0 Å². The van der Waals surface area contributed by atoms with Crippen LogP contribution in [0.2, 0.25) is 0 Å². The molecule has 0 aromatic rings. The summed E-state index contributed by atoms with van der Waals surface area (Å²) < 4.78 is 11.8. The van der Waals surface area contributed by atoms with E-state index in [-0.39, 0.29) is 23.2 Å². The predicted octanol–water partition coefficient (Wildman–Crippen LogP) is 2.06. The second-order valence-electron chi connectivity index (χ2n) is 8.67. The van der Waals surface area contributed by atoms with Crippen LogP contribution in [0.15, 0.2) is 0 Å². The average Bonchev–Trinajstić information content (AvgIpc) is 2.51. The molecule has 0 aliphatic heterocycles. The van der Waals surface area contributed by atoms with Gasteiger partial charge in [0.15, 0.2) is 0 Å². The van der Waals surface area contributed by atoms with Crippen molar-refractivity contribution >= 4 is 15.1 Å². The van der Waals surface area contributed by atoms with Crippen molar-refractivity contribution in [2.75, 3.05) is 33.4 Å². The Balaban J connectivity index is 4.46. The van der Waals surface area contributed by atoms with E-state index in [1.165, 1.54) is 0 Å². The number of amides is 1. The highest BCUT2D eigenvalue weighted by Gasteiger charge is 2.34. The molecule has 0 aliphatic carbocycles. The summed E-state index contributed by atoms with van der Waals surface area (Å²) in [6.45, 7) is 14.5. The van der Waals surface area contributed by atoms with Crippen LogP contribution in [-0.2, 0) is 14.3 Å². The normalized spacial score (nSPS) is 16.2. The highest BCUT2D eigenvalue weighted by Crippen LogP contribution is 2.24. The van der Waals surface area contributed by atoms with Crippen LogP contribution >= 0.6 is 9.24 Å². The average molecular weight is 392 g/mol. The lowest BCUT2D eigenvalue weighted by atomic mass is 9.99. The third-order valence-corrected chi connectivity index (χ3v) is 4.84. The molecule has 0 fully saturated rings. The molecule has 0 radical (unpaired) electrons. The van der Waals surface area contributed by atoms with Gasteiger partial charge >= 0.3 is 0 Å². The fourth-order valence-electron chi connectivity index (χ4n) is 2.25. The summed E-state index contributed by atoms with van der Waals surface area (Å²) in [6.07, 6.45) is 2.61.